The molecule has 3 rings (SSSR count). The van der Waals surface area contributed by atoms with Gasteiger partial charge in [-0.05, 0) is 37.1 Å². The number of phenols is 1. The number of nitrogens with one attached hydrogen (secondary N) is 1. The number of phenolic OH excluding ortho intramolecular Hbond substituents is 1. The van der Waals surface area contributed by atoms with E-state index in [0.717, 1.165) is 22.2 Å². The first-order chi connectivity index (χ1) is 12.4. The molecule has 0 atom stereocenters. The summed E-state index contributed by atoms with van der Waals surface area (Å²) in [5.41, 5.74) is 3.74. The van der Waals surface area contributed by atoms with Gasteiger partial charge in [-0.15, -0.1) is 0 Å². The van der Waals surface area contributed by atoms with E-state index in [1.54, 1.807) is 6.07 Å². The summed E-state index contributed by atoms with van der Waals surface area (Å²) in [4.78, 5) is 24.1. The van der Waals surface area contributed by atoms with E-state index in [9.17, 15) is 14.7 Å². The summed E-state index contributed by atoms with van der Waals surface area (Å²) in [7, 11) is 0. The molecule has 0 aliphatic heterocycles. The van der Waals surface area contributed by atoms with Gasteiger partial charge < -0.3 is 19.6 Å². The Bertz CT molecular complexity index is 953. The minimum Gasteiger partial charge on any atom is -0.508 e. The van der Waals surface area contributed by atoms with Gasteiger partial charge in [0.1, 0.15) is 11.3 Å². The van der Waals surface area contributed by atoms with Gasteiger partial charge >= 0.3 is 5.97 Å². The number of anilines is 1. The molecule has 2 aromatic carbocycles. The molecular weight excluding hydrogens is 334 g/mol. The number of hydrogen-bond donors (Lipinski definition) is 2. The van der Waals surface area contributed by atoms with E-state index in [1.807, 2.05) is 32.0 Å². The monoisotopic (exact) mass is 353 g/mol. The molecule has 0 radical (unpaired) electrons. The Kier molecular flexibility index (Phi) is 4.93. The SMILES string of the molecule is Cc1cccc(C)c1NC(=O)COC(=O)Cc1coc2cc(O)ccc12. The summed E-state index contributed by atoms with van der Waals surface area (Å²) >= 11 is 0. The van der Waals surface area contributed by atoms with Crippen LogP contribution in [0.3, 0.4) is 0 Å². The molecule has 0 aliphatic rings. The maximum Gasteiger partial charge on any atom is 0.310 e. The molecule has 0 unspecified atom stereocenters. The average molecular weight is 353 g/mol. The van der Waals surface area contributed by atoms with Crippen molar-refractivity contribution in [3.63, 3.8) is 0 Å². The number of amides is 1. The number of ether oxygens (including phenoxy) is 1. The number of esters is 1. The van der Waals surface area contributed by atoms with Crippen molar-refractivity contribution in [2.24, 2.45) is 0 Å². The van der Waals surface area contributed by atoms with Crippen molar-refractivity contribution in [2.45, 2.75) is 20.3 Å². The molecule has 1 aromatic heterocycles. The van der Waals surface area contributed by atoms with Crippen LogP contribution in [0.5, 0.6) is 5.75 Å². The standard InChI is InChI=1S/C20H19NO5/c1-12-4-3-5-13(2)20(12)21-18(23)11-26-19(24)8-14-10-25-17-9-15(22)6-7-16(14)17/h3-7,9-10,22H,8,11H2,1-2H3,(H,21,23). The van der Waals surface area contributed by atoms with Gasteiger partial charge in [0.25, 0.3) is 5.91 Å². The average Bonchev–Trinajstić information content (AvgIpc) is 2.98. The van der Waals surface area contributed by atoms with E-state index >= 15 is 0 Å². The Labute approximate surface area is 150 Å². The summed E-state index contributed by atoms with van der Waals surface area (Å²) < 4.78 is 10.4. The van der Waals surface area contributed by atoms with Crippen LogP contribution < -0.4 is 5.32 Å². The van der Waals surface area contributed by atoms with Gasteiger partial charge in [-0.1, -0.05) is 18.2 Å². The molecule has 0 spiro atoms. The lowest BCUT2D eigenvalue weighted by Crippen LogP contribution is -2.22. The van der Waals surface area contributed by atoms with E-state index in [4.69, 9.17) is 9.15 Å². The Morgan fingerprint density at radius 2 is 1.88 bits per heavy atom. The molecule has 2 N–H and O–H groups in total. The van der Waals surface area contributed by atoms with Crippen LogP contribution >= 0.6 is 0 Å². The van der Waals surface area contributed by atoms with Crippen LogP contribution in [0.4, 0.5) is 5.69 Å². The van der Waals surface area contributed by atoms with Gasteiger partial charge in [-0.3, -0.25) is 9.59 Å². The topological polar surface area (TPSA) is 88.8 Å². The zero-order chi connectivity index (χ0) is 18.7. The number of aromatic hydroxyl groups is 1. The highest BCUT2D eigenvalue weighted by Gasteiger charge is 2.14. The molecule has 0 saturated heterocycles. The number of para-hydroxylation sites is 1. The molecular formula is C20H19NO5. The molecule has 0 saturated carbocycles. The largest absolute Gasteiger partial charge is 0.508 e. The molecule has 0 aliphatic carbocycles. The molecule has 134 valence electrons. The molecule has 3 aromatic rings. The van der Waals surface area contributed by atoms with Gasteiger partial charge in [0, 0.05) is 22.7 Å². The Morgan fingerprint density at radius 3 is 2.62 bits per heavy atom. The van der Waals surface area contributed by atoms with Gasteiger partial charge in [0.15, 0.2) is 6.61 Å². The van der Waals surface area contributed by atoms with Crippen LogP contribution in [0, 0.1) is 13.8 Å². The smallest absolute Gasteiger partial charge is 0.310 e. The van der Waals surface area contributed by atoms with E-state index in [0.29, 0.717) is 11.1 Å². The molecule has 1 heterocycles. The Hall–Kier alpha value is -3.28. The molecule has 6 nitrogen and oxygen atoms in total. The van der Waals surface area contributed by atoms with Crippen LogP contribution in [0.15, 0.2) is 47.1 Å². The predicted molar refractivity (Wildman–Crippen MR) is 97.1 cm³/mol. The maximum atomic E-state index is 12.0. The van der Waals surface area contributed by atoms with Crippen molar-refractivity contribution < 1.29 is 23.8 Å². The lowest BCUT2D eigenvalue weighted by atomic mass is 10.1. The van der Waals surface area contributed by atoms with E-state index in [-0.39, 0.29) is 18.8 Å². The molecule has 6 heteroatoms. The summed E-state index contributed by atoms with van der Waals surface area (Å²) in [6, 6.07) is 10.4. The minimum atomic E-state index is -0.530. The predicted octanol–water partition coefficient (Wildman–Crippen LogP) is 3.48. The quantitative estimate of drug-likeness (QED) is 0.686. The van der Waals surface area contributed by atoms with Gasteiger partial charge in [-0.25, -0.2) is 0 Å². The highest BCUT2D eigenvalue weighted by Crippen LogP contribution is 2.25. The lowest BCUT2D eigenvalue weighted by Gasteiger charge is -2.11. The second-order valence-electron chi connectivity index (χ2n) is 6.09. The third kappa shape index (κ3) is 3.85. The summed E-state index contributed by atoms with van der Waals surface area (Å²) in [6.07, 6.45) is 1.43. The van der Waals surface area contributed by atoms with E-state index < -0.39 is 11.9 Å². The highest BCUT2D eigenvalue weighted by molar-refractivity contribution is 5.94. The number of hydrogen-bond acceptors (Lipinski definition) is 5. The number of rotatable bonds is 5. The first-order valence-electron chi connectivity index (χ1n) is 8.15. The number of aryl methyl sites for hydroxylation is 2. The van der Waals surface area contributed by atoms with Gasteiger partial charge in [0.05, 0.1) is 12.7 Å². The van der Waals surface area contributed by atoms with Crippen LogP contribution in [0.2, 0.25) is 0 Å². The molecule has 0 bridgehead atoms. The first-order valence-corrected chi connectivity index (χ1v) is 8.15. The van der Waals surface area contributed by atoms with Gasteiger partial charge in [-0.2, -0.15) is 0 Å². The van der Waals surface area contributed by atoms with Gasteiger partial charge in [0.2, 0.25) is 0 Å². The third-order valence-corrected chi connectivity index (χ3v) is 4.08. The Balaban J connectivity index is 1.57. The van der Waals surface area contributed by atoms with Crippen molar-refractivity contribution in [2.75, 3.05) is 11.9 Å². The molecule has 0 fully saturated rings. The van der Waals surface area contributed by atoms with Crippen molar-refractivity contribution >= 4 is 28.5 Å². The van der Waals surface area contributed by atoms with Crippen molar-refractivity contribution in [3.8, 4) is 5.75 Å². The third-order valence-electron chi connectivity index (χ3n) is 4.08. The van der Waals surface area contributed by atoms with E-state index in [1.165, 1.54) is 18.4 Å². The van der Waals surface area contributed by atoms with Crippen molar-refractivity contribution in [3.05, 3.63) is 59.4 Å². The zero-order valence-corrected chi connectivity index (χ0v) is 14.5. The summed E-state index contributed by atoms with van der Waals surface area (Å²) in [6.45, 7) is 3.44. The Morgan fingerprint density at radius 1 is 1.15 bits per heavy atom. The summed E-state index contributed by atoms with van der Waals surface area (Å²) in [5, 5.41) is 12.9. The van der Waals surface area contributed by atoms with Crippen LogP contribution in [-0.2, 0) is 20.7 Å². The summed E-state index contributed by atoms with van der Waals surface area (Å²) in [5.74, 6) is -0.834. The fraction of sp³-hybridized carbons (Fsp3) is 0.200. The second kappa shape index (κ2) is 7.31. The lowest BCUT2D eigenvalue weighted by molar-refractivity contribution is -0.146. The molecule has 26 heavy (non-hydrogen) atoms. The fourth-order valence-corrected chi connectivity index (χ4v) is 2.75. The number of benzene rings is 2. The van der Waals surface area contributed by atoms with Crippen LogP contribution in [0.1, 0.15) is 16.7 Å². The second-order valence-corrected chi connectivity index (χ2v) is 6.09. The zero-order valence-electron chi connectivity index (χ0n) is 14.5. The van der Waals surface area contributed by atoms with Crippen LogP contribution in [0.25, 0.3) is 11.0 Å². The molecule has 1 amide bonds. The van der Waals surface area contributed by atoms with Crippen molar-refractivity contribution in [1.82, 2.24) is 0 Å². The number of fused-ring (bicyclic) bond motifs is 1. The maximum absolute atomic E-state index is 12.0. The number of carbonyl (C=O) groups excluding carboxylic acids is 2. The number of furan rings is 1. The minimum absolute atomic E-state index is 0.0194. The van der Waals surface area contributed by atoms with E-state index in [2.05, 4.69) is 5.32 Å². The van der Waals surface area contributed by atoms with Crippen molar-refractivity contribution in [1.29, 1.82) is 0 Å². The number of carbonyl (C=O) groups is 2. The fourth-order valence-electron chi connectivity index (χ4n) is 2.75. The normalized spacial score (nSPS) is 10.7. The highest BCUT2D eigenvalue weighted by atomic mass is 16.5. The first kappa shape index (κ1) is 17.5. The van der Waals surface area contributed by atoms with Crippen LogP contribution in [-0.4, -0.2) is 23.6 Å².